The largest absolute Gasteiger partial charge is 0.359 e. The van der Waals surface area contributed by atoms with Crippen LogP contribution in [0.15, 0.2) is 0 Å². The van der Waals surface area contributed by atoms with Crippen LogP contribution in [0, 0.1) is 5.92 Å². The molecule has 1 fully saturated rings. The molecule has 0 atom stereocenters. The number of carbonyl (C=O) groups is 3. The number of hydrogen-bond donors (Lipinski definition) is 3. The molecule has 1 heterocycles. The molecule has 1 aliphatic heterocycles. The van der Waals surface area contributed by atoms with Crippen LogP contribution in [0.4, 0.5) is 0 Å². The van der Waals surface area contributed by atoms with Gasteiger partial charge in [-0.15, -0.1) is 0 Å². The van der Waals surface area contributed by atoms with Crippen molar-refractivity contribution >= 4 is 17.7 Å². The zero-order chi connectivity index (χ0) is 12.1. The smallest absolute Gasteiger partial charge is 0.323 e. The van der Waals surface area contributed by atoms with Gasteiger partial charge >= 0.3 is 11.8 Å². The number of hydrazine groups is 1. The lowest BCUT2D eigenvalue weighted by Crippen LogP contribution is -2.49. The molecule has 1 rings (SSSR count). The molecular weight excluding hydrogens is 212 g/mol. The number of nitrogens with two attached hydrogens (primary N) is 1. The van der Waals surface area contributed by atoms with Gasteiger partial charge in [-0.3, -0.25) is 19.8 Å². The summed E-state index contributed by atoms with van der Waals surface area (Å²) < 4.78 is 0. The highest BCUT2D eigenvalue weighted by Crippen LogP contribution is 2.17. The first kappa shape index (κ1) is 12.4. The third kappa shape index (κ3) is 2.69. The number of rotatable bonds is 1. The van der Waals surface area contributed by atoms with E-state index in [0.717, 1.165) is 0 Å². The summed E-state index contributed by atoms with van der Waals surface area (Å²) in [5.74, 6) is 3.31. The van der Waals surface area contributed by atoms with Gasteiger partial charge in [0.2, 0.25) is 5.91 Å². The van der Waals surface area contributed by atoms with Crippen LogP contribution in [-0.2, 0) is 14.4 Å². The van der Waals surface area contributed by atoms with E-state index in [9.17, 15) is 14.4 Å². The first-order valence-corrected chi connectivity index (χ1v) is 5.11. The second kappa shape index (κ2) is 5.45. The predicted molar refractivity (Wildman–Crippen MR) is 55.7 cm³/mol. The van der Waals surface area contributed by atoms with Crippen LogP contribution < -0.4 is 16.6 Å². The second-order valence-electron chi connectivity index (χ2n) is 3.65. The molecule has 16 heavy (non-hydrogen) atoms. The minimum absolute atomic E-state index is 0.0182. The number of carbonyl (C=O) groups excluding carboxylic acids is 3. The van der Waals surface area contributed by atoms with Crippen LogP contribution >= 0.6 is 0 Å². The van der Waals surface area contributed by atoms with Gasteiger partial charge in [-0.2, -0.15) is 0 Å². The van der Waals surface area contributed by atoms with Crippen LogP contribution in [0.2, 0.25) is 0 Å². The van der Waals surface area contributed by atoms with E-state index in [-0.39, 0.29) is 11.8 Å². The molecule has 0 spiro atoms. The fourth-order valence-corrected chi connectivity index (χ4v) is 1.75. The van der Waals surface area contributed by atoms with Crippen molar-refractivity contribution in [3.05, 3.63) is 0 Å². The fourth-order valence-electron chi connectivity index (χ4n) is 1.75. The minimum Gasteiger partial charge on any atom is -0.359 e. The average molecular weight is 228 g/mol. The normalized spacial score (nSPS) is 16.8. The summed E-state index contributed by atoms with van der Waals surface area (Å²) >= 11 is 0. The zero-order valence-electron chi connectivity index (χ0n) is 9.16. The Hall–Kier alpha value is -1.63. The van der Waals surface area contributed by atoms with Crippen molar-refractivity contribution in [1.82, 2.24) is 15.6 Å². The number of piperidine rings is 1. The number of hydrogen-bond acceptors (Lipinski definition) is 4. The van der Waals surface area contributed by atoms with Crippen molar-refractivity contribution in [1.29, 1.82) is 0 Å². The molecule has 0 aromatic rings. The topological polar surface area (TPSA) is 105 Å². The molecule has 90 valence electrons. The van der Waals surface area contributed by atoms with Crippen LogP contribution in [0.3, 0.4) is 0 Å². The van der Waals surface area contributed by atoms with E-state index in [4.69, 9.17) is 5.84 Å². The van der Waals surface area contributed by atoms with Crippen molar-refractivity contribution in [2.45, 2.75) is 12.8 Å². The van der Waals surface area contributed by atoms with E-state index in [2.05, 4.69) is 5.32 Å². The van der Waals surface area contributed by atoms with Crippen molar-refractivity contribution in [2.75, 3.05) is 20.1 Å². The van der Waals surface area contributed by atoms with Crippen molar-refractivity contribution < 1.29 is 14.4 Å². The highest BCUT2D eigenvalue weighted by Gasteiger charge is 2.29. The molecule has 1 aliphatic rings. The van der Waals surface area contributed by atoms with Crippen molar-refractivity contribution in [3.63, 3.8) is 0 Å². The lowest BCUT2D eigenvalue weighted by atomic mass is 9.96. The Bertz CT molecular complexity index is 297. The van der Waals surface area contributed by atoms with Crippen molar-refractivity contribution in [2.24, 2.45) is 11.8 Å². The molecule has 3 amide bonds. The van der Waals surface area contributed by atoms with Gasteiger partial charge in [-0.1, -0.05) is 0 Å². The number of amides is 3. The molecule has 0 unspecified atom stereocenters. The SMILES string of the molecule is CNC(=O)C1CCN(C(=O)C(=O)NN)CC1. The lowest BCUT2D eigenvalue weighted by Gasteiger charge is -2.30. The Morgan fingerprint density at radius 1 is 1.25 bits per heavy atom. The molecule has 0 radical (unpaired) electrons. The van der Waals surface area contributed by atoms with E-state index in [1.807, 2.05) is 0 Å². The van der Waals surface area contributed by atoms with E-state index in [1.165, 1.54) is 4.90 Å². The van der Waals surface area contributed by atoms with E-state index >= 15 is 0 Å². The standard InChI is InChI=1S/C9H16N4O3/c1-11-7(14)6-2-4-13(5-3-6)9(16)8(15)12-10/h6H,2-5,10H2,1H3,(H,11,14)(H,12,15). The monoisotopic (exact) mass is 228 g/mol. The third-order valence-corrected chi connectivity index (χ3v) is 2.72. The Morgan fingerprint density at radius 2 is 1.81 bits per heavy atom. The first-order valence-electron chi connectivity index (χ1n) is 5.11. The molecule has 0 aliphatic carbocycles. The summed E-state index contributed by atoms with van der Waals surface area (Å²) in [6, 6.07) is 0. The van der Waals surface area contributed by atoms with Gasteiger partial charge in [0.1, 0.15) is 0 Å². The third-order valence-electron chi connectivity index (χ3n) is 2.72. The minimum atomic E-state index is -0.821. The Balaban J connectivity index is 2.46. The molecule has 0 aromatic heterocycles. The molecule has 0 bridgehead atoms. The van der Waals surface area contributed by atoms with Gasteiger partial charge in [-0.25, -0.2) is 5.84 Å². The van der Waals surface area contributed by atoms with Gasteiger partial charge in [0.05, 0.1) is 0 Å². The molecular formula is C9H16N4O3. The number of likely N-dealkylation sites (tertiary alicyclic amines) is 1. The summed E-state index contributed by atoms with van der Waals surface area (Å²) in [4.78, 5) is 35.1. The maximum Gasteiger partial charge on any atom is 0.323 e. The first-order chi connectivity index (χ1) is 7.60. The van der Waals surface area contributed by atoms with Crippen LogP contribution in [0.25, 0.3) is 0 Å². The predicted octanol–water partition coefficient (Wildman–Crippen LogP) is -2.04. The molecule has 7 nitrogen and oxygen atoms in total. The zero-order valence-corrected chi connectivity index (χ0v) is 9.16. The lowest BCUT2D eigenvalue weighted by molar-refractivity contribution is -0.147. The van der Waals surface area contributed by atoms with E-state index in [1.54, 1.807) is 12.5 Å². The number of nitrogens with one attached hydrogen (secondary N) is 2. The van der Waals surface area contributed by atoms with Gasteiger partial charge in [0.25, 0.3) is 0 Å². The average Bonchev–Trinajstić information content (AvgIpc) is 2.36. The van der Waals surface area contributed by atoms with Crippen LogP contribution in [-0.4, -0.2) is 42.8 Å². The van der Waals surface area contributed by atoms with Crippen LogP contribution in [0.1, 0.15) is 12.8 Å². The van der Waals surface area contributed by atoms with Gasteiger partial charge in [0, 0.05) is 26.1 Å². The quantitative estimate of drug-likeness (QED) is 0.208. The molecule has 0 aromatic carbocycles. The highest BCUT2D eigenvalue weighted by molar-refractivity contribution is 6.34. The summed E-state index contributed by atoms with van der Waals surface area (Å²) in [7, 11) is 1.59. The van der Waals surface area contributed by atoms with E-state index in [0.29, 0.717) is 25.9 Å². The molecule has 0 saturated carbocycles. The summed E-state index contributed by atoms with van der Waals surface area (Å²) in [6.45, 7) is 0.814. The van der Waals surface area contributed by atoms with Gasteiger partial charge < -0.3 is 10.2 Å². The summed E-state index contributed by atoms with van der Waals surface area (Å²) in [6.07, 6.45) is 1.15. The van der Waals surface area contributed by atoms with Crippen molar-refractivity contribution in [3.8, 4) is 0 Å². The Morgan fingerprint density at radius 3 is 2.25 bits per heavy atom. The Labute approximate surface area is 93.3 Å². The number of nitrogens with zero attached hydrogens (tertiary/aromatic N) is 1. The Kier molecular flexibility index (Phi) is 4.24. The molecule has 7 heteroatoms. The fraction of sp³-hybridized carbons (Fsp3) is 0.667. The maximum absolute atomic E-state index is 11.4. The highest BCUT2D eigenvalue weighted by atomic mass is 16.2. The van der Waals surface area contributed by atoms with Gasteiger partial charge in [-0.05, 0) is 12.8 Å². The summed E-state index contributed by atoms with van der Waals surface area (Å²) in [5, 5.41) is 2.57. The maximum atomic E-state index is 11.4. The summed E-state index contributed by atoms with van der Waals surface area (Å²) in [5.41, 5.74) is 1.80. The van der Waals surface area contributed by atoms with E-state index < -0.39 is 11.8 Å². The van der Waals surface area contributed by atoms with Crippen LogP contribution in [0.5, 0.6) is 0 Å². The molecule has 4 N–H and O–H groups in total. The molecule has 1 saturated heterocycles. The second-order valence-corrected chi connectivity index (χ2v) is 3.65. The van der Waals surface area contributed by atoms with Gasteiger partial charge in [0.15, 0.2) is 0 Å².